The molecule has 3 nitrogen and oxygen atoms in total. The molecule has 0 unspecified atom stereocenters. The molecular formula is C14H10BrF2NO2. The van der Waals surface area contributed by atoms with E-state index in [4.69, 9.17) is 10.5 Å². The molecular weight excluding hydrogens is 332 g/mol. The molecule has 2 aromatic rings. The molecule has 0 aliphatic heterocycles. The Hall–Kier alpha value is -1.95. The molecule has 0 bridgehead atoms. The number of halogens is 3. The fraction of sp³-hybridized carbons (Fsp3) is 0.0714. The zero-order valence-corrected chi connectivity index (χ0v) is 11.8. The number of carbonyl (C=O) groups is 1. The summed E-state index contributed by atoms with van der Waals surface area (Å²) < 4.78 is 32.3. The first-order valence-electron chi connectivity index (χ1n) is 5.63. The second-order valence-corrected chi connectivity index (χ2v) is 4.97. The van der Waals surface area contributed by atoms with Crippen LogP contribution < -0.4 is 10.5 Å². The quantitative estimate of drug-likeness (QED) is 0.866. The van der Waals surface area contributed by atoms with E-state index in [1.165, 1.54) is 12.1 Å². The molecule has 0 saturated carbocycles. The first-order chi connectivity index (χ1) is 9.47. The van der Waals surface area contributed by atoms with Gasteiger partial charge in [0.1, 0.15) is 6.61 Å². The van der Waals surface area contributed by atoms with Crippen LogP contribution in [0.4, 0.5) is 8.78 Å². The second-order valence-electron chi connectivity index (χ2n) is 4.05. The minimum absolute atomic E-state index is 0.00602. The van der Waals surface area contributed by atoms with Crippen LogP contribution in [0.3, 0.4) is 0 Å². The van der Waals surface area contributed by atoms with Gasteiger partial charge in [-0.3, -0.25) is 4.79 Å². The highest BCUT2D eigenvalue weighted by Gasteiger charge is 2.11. The zero-order chi connectivity index (χ0) is 14.7. The normalized spacial score (nSPS) is 10.3. The van der Waals surface area contributed by atoms with Gasteiger partial charge in [0.05, 0.1) is 0 Å². The van der Waals surface area contributed by atoms with Crippen molar-refractivity contribution in [1.29, 1.82) is 0 Å². The summed E-state index contributed by atoms with van der Waals surface area (Å²) in [5.74, 6) is -2.83. The number of nitrogens with two attached hydrogens (primary N) is 1. The van der Waals surface area contributed by atoms with Crippen molar-refractivity contribution in [2.75, 3.05) is 0 Å². The third-order valence-corrected chi connectivity index (χ3v) is 3.02. The highest BCUT2D eigenvalue weighted by molar-refractivity contribution is 9.10. The fourth-order valence-corrected chi connectivity index (χ4v) is 2.02. The van der Waals surface area contributed by atoms with Crippen LogP contribution in [-0.2, 0) is 6.61 Å². The molecule has 20 heavy (non-hydrogen) atoms. The molecule has 6 heteroatoms. The SMILES string of the molecule is NC(=O)c1cccc(COc2cc(Br)cc(F)c2F)c1. The molecule has 2 N–H and O–H groups in total. The first-order valence-corrected chi connectivity index (χ1v) is 6.43. The van der Waals surface area contributed by atoms with Gasteiger partial charge in [0.25, 0.3) is 0 Å². The summed E-state index contributed by atoms with van der Waals surface area (Å²) in [6.07, 6.45) is 0. The Labute approximate surface area is 122 Å². The Kier molecular flexibility index (Phi) is 4.34. The molecule has 1 amide bonds. The first kappa shape index (κ1) is 14.5. The maximum atomic E-state index is 13.5. The lowest BCUT2D eigenvalue weighted by Crippen LogP contribution is -2.11. The third-order valence-electron chi connectivity index (χ3n) is 2.57. The van der Waals surface area contributed by atoms with Crippen LogP contribution in [0, 0.1) is 11.6 Å². The van der Waals surface area contributed by atoms with E-state index in [9.17, 15) is 13.6 Å². The number of amides is 1. The van der Waals surface area contributed by atoms with E-state index in [1.807, 2.05) is 0 Å². The Morgan fingerprint density at radius 3 is 2.70 bits per heavy atom. The lowest BCUT2D eigenvalue weighted by molar-refractivity contribution is 0.1000. The highest BCUT2D eigenvalue weighted by Crippen LogP contribution is 2.26. The fourth-order valence-electron chi connectivity index (χ4n) is 1.61. The lowest BCUT2D eigenvalue weighted by atomic mass is 10.1. The van der Waals surface area contributed by atoms with Gasteiger partial charge in [0, 0.05) is 10.0 Å². The van der Waals surface area contributed by atoms with Crippen molar-refractivity contribution < 1.29 is 18.3 Å². The van der Waals surface area contributed by atoms with Crippen molar-refractivity contribution >= 4 is 21.8 Å². The van der Waals surface area contributed by atoms with E-state index in [0.717, 1.165) is 6.07 Å². The number of benzene rings is 2. The van der Waals surface area contributed by atoms with Gasteiger partial charge in [-0.15, -0.1) is 0 Å². The molecule has 0 aliphatic rings. The predicted octanol–water partition coefficient (Wildman–Crippen LogP) is 3.41. The zero-order valence-electron chi connectivity index (χ0n) is 10.2. The molecule has 2 aromatic carbocycles. The van der Waals surface area contributed by atoms with Crippen molar-refractivity contribution in [2.24, 2.45) is 5.73 Å². The van der Waals surface area contributed by atoms with Gasteiger partial charge in [-0.25, -0.2) is 4.39 Å². The highest BCUT2D eigenvalue weighted by atomic mass is 79.9. The van der Waals surface area contributed by atoms with E-state index < -0.39 is 17.5 Å². The van der Waals surface area contributed by atoms with Gasteiger partial charge in [-0.1, -0.05) is 28.1 Å². The van der Waals surface area contributed by atoms with Crippen LogP contribution >= 0.6 is 15.9 Å². The molecule has 104 valence electrons. The van der Waals surface area contributed by atoms with Gasteiger partial charge in [0.2, 0.25) is 11.7 Å². The Balaban J connectivity index is 2.17. The topological polar surface area (TPSA) is 52.3 Å². The van der Waals surface area contributed by atoms with Crippen LogP contribution in [0.2, 0.25) is 0 Å². The van der Waals surface area contributed by atoms with Crippen LogP contribution in [-0.4, -0.2) is 5.91 Å². The number of rotatable bonds is 4. The number of hydrogen-bond donors (Lipinski definition) is 1. The third kappa shape index (κ3) is 3.33. The largest absolute Gasteiger partial charge is 0.486 e. The average Bonchev–Trinajstić information content (AvgIpc) is 2.41. The predicted molar refractivity (Wildman–Crippen MR) is 73.3 cm³/mol. The minimum atomic E-state index is -1.06. The van der Waals surface area contributed by atoms with E-state index >= 15 is 0 Å². The van der Waals surface area contributed by atoms with Gasteiger partial charge >= 0.3 is 0 Å². The maximum absolute atomic E-state index is 13.5. The van der Waals surface area contributed by atoms with Crippen molar-refractivity contribution in [3.8, 4) is 5.75 Å². The Bertz CT molecular complexity index is 662. The number of ether oxygens (including phenoxy) is 1. The van der Waals surface area contributed by atoms with E-state index in [1.54, 1.807) is 18.2 Å². The second kappa shape index (κ2) is 6.00. The Morgan fingerprint density at radius 1 is 1.25 bits per heavy atom. The average molecular weight is 342 g/mol. The van der Waals surface area contributed by atoms with Crippen molar-refractivity contribution in [2.45, 2.75) is 6.61 Å². The van der Waals surface area contributed by atoms with Crippen LogP contribution in [0.25, 0.3) is 0 Å². The molecule has 2 rings (SSSR count). The summed E-state index contributed by atoms with van der Waals surface area (Å²) in [7, 11) is 0. The summed E-state index contributed by atoms with van der Waals surface area (Å²) in [4.78, 5) is 11.0. The summed E-state index contributed by atoms with van der Waals surface area (Å²) >= 11 is 3.06. The summed E-state index contributed by atoms with van der Waals surface area (Å²) in [6, 6.07) is 8.77. The van der Waals surface area contributed by atoms with Gasteiger partial charge < -0.3 is 10.5 Å². The molecule has 0 aromatic heterocycles. The standard InChI is InChI=1S/C14H10BrF2NO2/c15-10-5-11(16)13(17)12(6-10)20-7-8-2-1-3-9(4-8)14(18)19/h1-6H,7H2,(H2,18,19). The lowest BCUT2D eigenvalue weighted by Gasteiger charge is -2.09. The van der Waals surface area contributed by atoms with Crippen molar-refractivity contribution in [1.82, 2.24) is 0 Å². The minimum Gasteiger partial charge on any atom is -0.486 e. The summed E-state index contributed by atoms with van der Waals surface area (Å²) in [5, 5.41) is 0. The Morgan fingerprint density at radius 2 is 2.00 bits per heavy atom. The maximum Gasteiger partial charge on any atom is 0.248 e. The van der Waals surface area contributed by atoms with Crippen LogP contribution in [0.15, 0.2) is 40.9 Å². The number of carbonyl (C=O) groups excluding carboxylic acids is 1. The number of primary amides is 1. The monoisotopic (exact) mass is 341 g/mol. The van der Waals surface area contributed by atoms with Gasteiger partial charge in [-0.05, 0) is 29.8 Å². The number of hydrogen-bond acceptors (Lipinski definition) is 2. The molecule has 0 saturated heterocycles. The van der Waals surface area contributed by atoms with E-state index in [-0.39, 0.29) is 12.4 Å². The summed E-state index contributed by atoms with van der Waals surface area (Å²) in [6.45, 7) is -0.00602. The summed E-state index contributed by atoms with van der Waals surface area (Å²) in [5.41, 5.74) is 6.11. The van der Waals surface area contributed by atoms with Crippen molar-refractivity contribution in [3.05, 3.63) is 63.6 Å². The van der Waals surface area contributed by atoms with Gasteiger partial charge in [0.15, 0.2) is 11.6 Å². The molecule has 0 radical (unpaired) electrons. The van der Waals surface area contributed by atoms with Gasteiger partial charge in [-0.2, -0.15) is 4.39 Å². The molecule has 0 atom stereocenters. The molecule has 0 spiro atoms. The van der Waals surface area contributed by atoms with Crippen LogP contribution in [0.1, 0.15) is 15.9 Å². The molecule has 0 heterocycles. The van der Waals surface area contributed by atoms with E-state index in [0.29, 0.717) is 15.6 Å². The smallest absolute Gasteiger partial charge is 0.248 e. The van der Waals surface area contributed by atoms with E-state index in [2.05, 4.69) is 15.9 Å². The molecule has 0 aliphatic carbocycles. The molecule has 0 fully saturated rings. The van der Waals surface area contributed by atoms with Crippen LogP contribution in [0.5, 0.6) is 5.75 Å². The van der Waals surface area contributed by atoms with Crippen molar-refractivity contribution in [3.63, 3.8) is 0 Å².